The molecule has 3 aliphatic rings. The van der Waals surface area contributed by atoms with E-state index < -0.39 is 15.9 Å². The van der Waals surface area contributed by atoms with Gasteiger partial charge in [0.1, 0.15) is 4.90 Å². The molecule has 0 unspecified atom stereocenters. The van der Waals surface area contributed by atoms with E-state index in [0.29, 0.717) is 24.9 Å². The number of aromatic nitrogens is 2. The van der Waals surface area contributed by atoms with Crippen LogP contribution in [0.4, 0.5) is 10.5 Å². The molecule has 0 saturated carbocycles. The molecule has 1 aromatic carbocycles. The molecular formula is C21H27N5O3S. The van der Waals surface area contributed by atoms with Crippen LogP contribution in [0.1, 0.15) is 55.4 Å². The van der Waals surface area contributed by atoms with Crippen LogP contribution in [-0.4, -0.2) is 26.6 Å². The number of anilines is 1. The third-order valence-electron chi connectivity index (χ3n) is 6.25. The van der Waals surface area contributed by atoms with E-state index in [9.17, 15) is 9.00 Å². The van der Waals surface area contributed by atoms with Crippen LogP contribution in [0.2, 0.25) is 0 Å². The largest absolute Gasteiger partial charge is 0.476 e. The van der Waals surface area contributed by atoms with Crippen molar-refractivity contribution in [2.45, 2.75) is 63.8 Å². The van der Waals surface area contributed by atoms with Crippen molar-refractivity contribution in [1.82, 2.24) is 9.78 Å². The standard InChI is InChI=1S/C21H27N5O3S/c1-12-7-14-8-13-5-4-6-15(13)18(17(12)14)24-20(27)25-30(22,28)16-9-23-26-10-21(2,3)11-29-19(16)26/h8-9,12H,4-7,10-11H2,1-3H3,(H3,22,24,25,27,28)/t12-,30+/m0/s1. The molecule has 160 valence electrons. The van der Waals surface area contributed by atoms with E-state index in [-0.39, 0.29) is 10.3 Å². The topological polar surface area (TPSA) is 112 Å². The predicted octanol–water partition coefficient (Wildman–Crippen LogP) is 3.38. The Morgan fingerprint density at radius 2 is 2.20 bits per heavy atom. The van der Waals surface area contributed by atoms with E-state index >= 15 is 0 Å². The van der Waals surface area contributed by atoms with E-state index in [0.717, 1.165) is 31.4 Å². The molecular weight excluding hydrogens is 402 g/mol. The molecule has 2 amide bonds. The number of rotatable bonds is 2. The lowest BCUT2D eigenvalue weighted by Gasteiger charge is -2.32. The second kappa shape index (κ2) is 6.55. The molecule has 2 aliphatic carbocycles. The fourth-order valence-corrected chi connectivity index (χ4v) is 5.83. The molecule has 2 atom stereocenters. The fourth-order valence-electron chi connectivity index (χ4n) is 4.83. The van der Waals surface area contributed by atoms with Crippen LogP contribution in [-0.2, 0) is 35.7 Å². The van der Waals surface area contributed by atoms with Gasteiger partial charge in [-0.1, -0.05) is 26.8 Å². The van der Waals surface area contributed by atoms with E-state index in [2.05, 4.69) is 41.6 Å². The highest BCUT2D eigenvalue weighted by atomic mass is 32.2. The minimum atomic E-state index is -3.49. The van der Waals surface area contributed by atoms with Crippen LogP contribution in [0.15, 0.2) is 21.5 Å². The van der Waals surface area contributed by atoms with Crippen molar-refractivity contribution < 1.29 is 13.7 Å². The summed E-state index contributed by atoms with van der Waals surface area (Å²) in [7, 11) is -3.49. The van der Waals surface area contributed by atoms with Crippen LogP contribution in [0.25, 0.3) is 0 Å². The molecule has 2 aromatic rings. The number of urea groups is 1. The lowest BCUT2D eigenvalue weighted by molar-refractivity contribution is 0.0972. The molecule has 1 aromatic heterocycles. The van der Waals surface area contributed by atoms with Crippen molar-refractivity contribution in [3.05, 3.63) is 34.5 Å². The summed E-state index contributed by atoms with van der Waals surface area (Å²) in [4.78, 5) is 12.9. The molecule has 0 fully saturated rings. The summed E-state index contributed by atoms with van der Waals surface area (Å²) in [6.45, 7) is 7.34. The molecule has 5 rings (SSSR count). The fraction of sp³-hybridized carbons (Fsp3) is 0.524. The Morgan fingerprint density at radius 3 is 2.97 bits per heavy atom. The molecule has 0 radical (unpaired) electrons. The molecule has 2 heterocycles. The number of aryl methyl sites for hydroxylation is 1. The van der Waals surface area contributed by atoms with Crippen LogP contribution < -0.4 is 15.2 Å². The maximum absolute atomic E-state index is 13.2. The predicted molar refractivity (Wildman–Crippen MR) is 114 cm³/mol. The lowest BCUT2D eigenvalue weighted by atomic mass is 9.75. The third-order valence-corrected chi connectivity index (χ3v) is 7.59. The van der Waals surface area contributed by atoms with Crippen LogP contribution >= 0.6 is 0 Å². The SMILES string of the molecule is C[C@H]1Cc2cc3c(c(NC(=O)N=[S@@](N)(=O)c4cnn5c4OCC(C)(C)C5)c21)CCC3. The number of amides is 2. The van der Waals surface area contributed by atoms with Crippen molar-refractivity contribution in [3.8, 4) is 5.88 Å². The van der Waals surface area contributed by atoms with Gasteiger partial charge in [-0.2, -0.15) is 5.10 Å². The summed E-state index contributed by atoms with van der Waals surface area (Å²) in [5.41, 5.74) is 5.70. The number of hydrogen-bond donors (Lipinski definition) is 2. The van der Waals surface area contributed by atoms with Gasteiger partial charge in [-0.3, -0.25) is 0 Å². The van der Waals surface area contributed by atoms with Gasteiger partial charge in [0.05, 0.1) is 19.3 Å². The van der Waals surface area contributed by atoms with Crippen molar-refractivity contribution in [1.29, 1.82) is 0 Å². The monoisotopic (exact) mass is 429 g/mol. The Hall–Kier alpha value is -2.39. The highest BCUT2D eigenvalue weighted by Crippen LogP contribution is 2.45. The van der Waals surface area contributed by atoms with Crippen LogP contribution in [0.5, 0.6) is 5.88 Å². The smallest absolute Gasteiger partial charge is 0.354 e. The van der Waals surface area contributed by atoms with Gasteiger partial charge in [0.15, 0.2) is 9.92 Å². The second-order valence-corrected chi connectivity index (χ2v) is 11.2. The number of benzene rings is 1. The Kier molecular flexibility index (Phi) is 4.27. The van der Waals surface area contributed by atoms with Gasteiger partial charge in [0.2, 0.25) is 5.88 Å². The number of carbonyl (C=O) groups excluding carboxylic acids is 1. The molecule has 0 bridgehead atoms. The zero-order valence-corrected chi connectivity index (χ0v) is 18.3. The van der Waals surface area contributed by atoms with Crippen LogP contribution in [0.3, 0.4) is 0 Å². The van der Waals surface area contributed by atoms with Gasteiger partial charge >= 0.3 is 6.03 Å². The summed E-state index contributed by atoms with van der Waals surface area (Å²) in [5.74, 6) is 0.722. The lowest BCUT2D eigenvalue weighted by Crippen LogP contribution is -2.33. The zero-order chi connectivity index (χ0) is 21.3. The van der Waals surface area contributed by atoms with Gasteiger partial charge in [-0.05, 0) is 53.9 Å². The maximum atomic E-state index is 13.2. The maximum Gasteiger partial charge on any atom is 0.354 e. The van der Waals surface area contributed by atoms with Gasteiger partial charge in [0.25, 0.3) is 0 Å². The minimum absolute atomic E-state index is 0.0907. The number of nitrogens with two attached hydrogens (primary N) is 1. The van der Waals surface area contributed by atoms with Crippen molar-refractivity contribution >= 4 is 21.6 Å². The van der Waals surface area contributed by atoms with Gasteiger partial charge in [0, 0.05) is 11.1 Å². The molecule has 30 heavy (non-hydrogen) atoms. The number of nitrogens with zero attached hydrogens (tertiary/aromatic N) is 3. The average molecular weight is 430 g/mol. The third kappa shape index (κ3) is 3.11. The number of hydrogen-bond acceptors (Lipinski definition) is 4. The van der Waals surface area contributed by atoms with E-state index in [1.54, 1.807) is 4.68 Å². The quantitative estimate of drug-likeness (QED) is 0.762. The first-order chi connectivity index (χ1) is 14.1. The van der Waals surface area contributed by atoms with Gasteiger partial charge < -0.3 is 10.1 Å². The number of ether oxygens (including phenoxy) is 1. The zero-order valence-electron chi connectivity index (χ0n) is 17.5. The highest BCUT2D eigenvalue weighted by Gasteiger charge is 2.33. The van der Waals surface area contributed by atoms with Crippen molar-refractivity contribution in [2.24, 2.45) is 14.9 Å². The van der Waals surface area contributed by atoms with Gasteiger partial charge in [-0.15, -0.1) is 4.36 Å². The molecule has 0 saturated heterocycles. The second-order valence-electron chi connectivity index (χ2n) is 9.44. The van der Waals surface area contributed by atoms with Crippen LogP contribution in [0, 0.1) is 5.41 Å². The average Bonchev–Trinajstić information content (AvgIpc) is 3.25. The molecule has 3 N–H and O–H groups in total. The molecule has 8 nitrogen and oxygen atoms in total. The Morgan fingerprint density at radius 1 is 1.40 bits per heavy atom. The van der Waals surface area contributed by atoms with Crippen molar-refractivity contribution in [2.75, 3.05) is 11.9 Å². The van der Waals surface area contributed by atoms with Gasteiger partial charge in [-0.25, -0.2) is 18.8 Å². The van der Waals surface area contributed by atoms with E-state index in [4.69, 9.17) is 9.88 Å². The summed E-state index contributed by atoms with van der Waals surface area (Å²) < 4.78 is 24.4. The first-order valence-electron chi connectivity index (χ1n) is 10.4. The number of carbonyl (C=O) groups is 1. The van der Waals surface area contributed by atoms with Crippen molar-refractivity contribution in [3.63, 3.8) is 0 Å². The summed E-state index contributed by atoms with van der Waals surface area (Å²) >= 11 is 0. The first-order valence-corrected chi connectivity index (χ1v) is 11.9. The normalized spacial score (nSPS) is 22.6. The summed E-state index contributed by atoms with van der Waals surface area (Å²) in [5, 5.41) is 13.2. The number of nitrogens with one attached hydrogen (secondary N) is 1. The molecule has 1 aliphatic heterocycles. The van der Waals surface area contributed by atoms with E-state index in [1.807, 2.05) is 0 Å². The Bertz CT molecular complexity index is 1190. The first kappa shape index (κ1) is 19.6. The Balaban J connectivity index is 1.47. The minimum Gasteiger partial charge on any atom is -0.476 e. The number of fused-ring (bicyclic) bond motifs is 3. The molecule has 9 heteroatoms. The summed E-state index contributed by atoms with van der Waals surface area (Å²) in [6, 6.07) is 1.58. The van der Waals surface area contributed by atoms with E-state index in [1.165, 1.54) is 28.5 Å². The highest BCUT2D eigenvalue weighted by molar-refractivity contribution is 7.91. The molecule has 0 spiro atoms. The summed E-state index contributed by atoms with van der Waals surface area (Å²) in [6.07, 6.45) is 5.46. The Labute approximate surface area is 176 Å².